The monoisotopic (exact) mass is 294 g/mol. The molecule has 6 atom stereocenters. The van der Waals surface area contributed by atoms with E-state index >= 15 is 0 Å². The van der Waals surface area contributed by atoms with Gasteiger partial charge in [0.1, 0.15) is 0 Å². The molecule has 0 saturated carbocycles. The van der Waals surface area contributed by atoms with Crippen LogP contribution in [0, 0.1) is 11.8 Å². The second kappa shape index (κ2) is 4.77. The van der Waals surface area contributed by atoms with Gasteiger partial charge in [0.2, 0.25) is 0 Å². The first-order chi connectivity index (χ1) is 10.8. The summed E-state index contributed by atoms with van der Waals surface area (Å²) in [5.41, 5.74) is 2.41. The lowest BCUT2D eigenvalue weighted by Crippen LogP contribution is -2.54. The number of piperidine rings is 3. The number of hydrogen-bond acceptors (Lipinski definition) is 3. The van der Waals surface area contributed by atoms with E-state index in [2.05, 4.69) is 47.1 Å². The van der Waals surface area contributed by atoms with Gasteiger partial charge in [-0.1, -0.05) is 18.2 Å². The lowest BCUT2D eigenvalue weighted by molar-refractivity contribution is -0.0213. The Labute approximate surface area is 131 Å². The van der Waals surface area contributed by atoms with E-state index < -0.39 is 0 Å². The van der Waals surface area contributed by atoms with E-state index in [1.54, 1.807) is 0 Å². The Morgan fingerprint density at radius 3 is 3.00 bits per heavy atom. The van der Waals surface area contributed by atoms with Crippen LogP contribution < -0.4 is 0 Å². The van der Waals surface area contributed by atoms with Crippen LogP contribution in [0.2, 0.25) is 0 Å². The fourth-order valence-electron chi connectivity index (χ4n) is 5.03. The normalized spacial score (nSPS) is 40.0. The molecule has 2 unspecified atom stereocenters. The van der Waals surface area contributed by atoms with Gasteiger partial charge < -0.3 is 4.74 Å². The second-order valence-electron chi connectivity index (χ2n) is 7.19. The summed E-state index contributed by atoms with van der Waals surface area (Å²) >= 11 is 0. The van der Waals surface area contributed by atoms with E-state index in [0.29, 0.717) is 12.1 Å². The van der Waals surface area contributed by atoms with Crippen molar-refractivity contribution in [3.05, 3.63) is 42.1 Å². The average Bonchev–Trinajstić information content (AvgIpc) is 2.78. The zero-order valence-electron chi connectivity index (χ0n) is 13.0. The van der Waals surface area contributed by atoms with Crippen LogP contribution in [0.3, 0.4) is 0 Å². The van der Waals surface area contributed by atoms with Crippen molar-refractivity contribution in [1.82, 2.24) is 9.88 Å². The van der Waals surface area contributed by atoms with E-state index in [-0.39, 0.29) is 6.10 Å². The van der Waals surface area contributed by atoms with E-state index in [1.807, 2.05) is 6.20 Å². The minimum atomic E-state index is 0.193. The minimum Gasteiger partial charge on any atom is -0.369 e. The maximum atomic E-state index is 6.60. The zero-order valence-corrected chi connectivity index (χ0v) is 13.0. The molecule has 6 heterocycles. The molecule has 3 nitrogen and oxygen atoms in total. The topological polar surface area (TPSA) is 25.4 Å². The van der Waals surface area contributed by atoms with Crippen molar-refractivity contribution in [1.29, 1.82) is 0 Å². The van der Waals surface area contributed by atoms with Crippen LogP contribution in [0.1, 0.15) is 31.4 Å². The Kier molecular flexibility index (Phi) is 2.83. The molecule has 1 aromatic heterocycles. The number of ether oxygens (including phenoxy) is 1. The van der Waals surface area contributed by atoms with Crippen molar-refractivity contribution in [2.75, 3.05) is 13.1 Å². The third-order valence-electron chi connectivity index (χ3n) is 6.15. The summed E-state index contributed by atoms with van der Waals surface area (Å²) in [5.74, 6) is 1.59. The summed E-state index contributed by atoms with van der Waals surface area (Å²) in [4.78, 5) is 7.21. The number of aromatic nitrogens is 1. The first kappa shape index (κ1) is 13.0. The molecule has 1 aromatic carbocycles. The van der Waals surface area contributed by atoms with Gasteiger partial charge in [-0.2, -0.15) is 0 Å². The van der Waals surface area contributed by atoms with Gasteiger partial charge in [0.05, 0.1) is 17.7 Å². The molecule has 0 aliphatic carbocycles. The molecule has 5 aliphatic rings. The van der Waals surface area contributed by atoms with Crippen LogP contribution in [0.5, 0.6) is 0 Å². The number of rotatable bonds is 1. The Morgan fingerprint density at radius 1 is 1.23 bits per heavy atom. The van der Waals surface area contributed by atoms with Crippen LogP contribution >= 0.6 is 0 Å². The summed E-state index contributed by atoms with van der Waals surface area (Å²) in [7, 11) is 0. The molecule has 0 radical (unpaired) electrons. The summed E-state index contributed by atoms with van der Waals surface area (Å²) in [6.45, 7) is 4.77. The molecule has 22 heavy (non-hydrogen) atoms. The van der Waals surface area contributed by atoms with Gasteiger partial charge in [-0.15, -0.1) is 0 Å². The summed E-state index contributed by atoms with van der Waals surface area (Å²) < 4.78 is 6.60. The molecule has 0 N–H and O–H groups in total. The Morgan fingerprint density at radius 2 is 2.14 bits per heavy atom. The summed E-state index contributed by atoms with van der Waals surface area (Å²) in [6.07, 6.45) is 5.15. The van der Waals surface area contributed by atoms with Crippen molar-refractivity contribution < 1.29 is 4.74 Å². The van der Waals surface area contributed by atoms with Crippen LogP contribution in [0.15, 0.2) is 36.5 Å². The molecule has 2 aromatic rings. The molecule has 0 spiro atoms. The quantitative estimate of drug-likeness (QED) is 0.806. The van der Waals surface area contributed by atoms with Crippen LogP contribution in [-0.4, -0.2) is 35.1 Å². The molecule has 3 heteroatoms. The number of pyridine rings is 1. The van der Waals surface area contributed by atoms with Crippen molar-refractivity contribution in [3.63, 3.8) is 0 Å². The lowest BCUT2D eigenvalue weighted by atomic mass is 9.73. The van der Waals surface area contributed by atoms with Gasteiger partial charge in [0.15, 0.2) is 0 Å². The van der Waals surface area contributed by atoms with E-state index in [1.165, 1.54) is 36.9 Å². The third kappa shape index (κ3) is 1.79. The molecule has 5 aliphatic heterocycles. The minimum absolute atomic E-state index is 0.193. The first-order valence-corrected chi connectivity index (χ1v) is 8.54. The van der Waals surface area contributed by atoms with E-state index in [0.717, 1.165) is 17.4 Å². The van der Waals surface area contributed by atoms with Gasteiger partial charge in [-0.25, -0.2) is 0 Å². The van der Waals surface area contributed by atoms with Gasteiger partial charge >= 0.3 is 0 Å². The predicted octanol–water partition coefficient (Wildman–Crippen LogP) is 3.41. The Bertz CT molecular complexity index is 710. The smallest absolute Gasteiger partial charge is 0.0990 e. The highest BCUT2D eigenvalue weighted by Crippen LogP contribution is 2.48. The number of nitrogens with zero attached hydrogens (tertiary/aromatic N) is 2. The molecule has 7 rings (SSSR count). The molecule has 114 valence electrons. The molecular weight excluding hydrogens is 272 g/mol. The van der Waals surface area contributed by atoms with Crippen molar-refractivity contribution in [3.8, 4) is 0 Å². The molecule has 5 saturated heterocycles. The van der Waals surface area contributed by atoms with Gasteiger partial charge in [-0.3, -0.25) is 9.88 Å². The predicted molar refractivity (Wildman–Crippen MR) is 86.6 cm³/mol. The highest BCUT2D eigenvalue weighted by Gasteiger charge is 2.49. The summed E-state index contributed by atoms with van der Waals surface area (Å²) in [6, 6.07) is 11.2. The van der Waals surface area contributed by atoms with Gasteiger partial charge in [0.25, 0.3) is 0 Å². The standard InChI is InChI=1S/C19H22N2O/c1-12-16-11-21-9-7-13(16)10-18(21)19(22-12)15-6-8-20-17-5-3-2-4-14(15)17/h2-6,8,12-13,16,18-19H,7,9-11H2,1H3/t12?,13-,16+,18+,19-/m0/s1. The maximum absolute atomic E-state index is 6.60. The number of hydrogen-bond donors (Lipinski definition) is 0. The van der Waals surface area contributed by atoms with Crippen molar-refractivity contribution in [2.24, 2.45) is 11.8 Å². The fourth-order valence-corrected chi connectivity index (χ4v) is 5.03. The van der Waals surface area contributed by atoms with Gasteiger partial charge in [0, 0.05) is 30.1 Å². The molecular formula is C19H22N2O. The Hall–Kier alpha value is -1.45. The highest BCUT2D eigenvalue weighted by molar-refractivity contribution is 5.82. The maximum Gasteiger partial charge on any atom is 0.0990 e. The Balaban J connectivity index is 1.64. The molecule has 5 fully saturated rings. The third-order valence-corrected chi connectivity index (χ3v) is 6.15. The molecule has 4 bridgehead atoms. The lowest BCUT2D eigenvalue weighted by Gasteiger charge is -2.48. The summed E-state index contributed by atoms with van der Waals surface area (Å²) in [5, 5.41) is 1.25. The van der Waals surface area contributed by atoms with E-state index in [9.17, 15) is 0 Å². The van der Waals surface area contributed by atoms with Crippen molar-refractivity contribution >= 4 is 10.9 Å². The first-order valence-electron chi connectivity index (χ1n) is 8.54. The van der Waals surface area contributed by atoms with Crippen LogP contribution in [0.25, 0.3) is 10.9 Å². The van der Waals surface area contributed by atoms with Crippen LogP contribution in [0.4, 0.5) is 0 Å². The fraction of sp³-hybridized carbons (Fsp3) is 0.526. The number of para-hydroxylation sites is 1. The number of fused-ring (bicyclic) bond motifs is 4. The van der Waals surface area contributed by atoms with E-state index in [4.69, 9.17) is 4.74 Å². The molecule has 0 amide bonds. The zero-order chi connectivity index (χ0) is 14.7. The highest BCUT2D eigenvalue weighted by atomic mass is 16.5. The average molecular weight is 294 g/mol. The van der Waals surface area contributed by atoms with Crippen LogP contribution in [-0.2, 0) is 4.74 Å². The second-order valence-corrected chi connectivity index (χ2v) is 7.19. The van der Waals surface area contributed by atoms with Crippen molar-refractivity contribution in [2.45, 2.75) is 38.0 Å². The SMILES string of the molecule is CC1O[C@@H](c2ccnc3ccccc23)[C@H]2C[C@@H]3CCN2C[C@H]13. The number of benzene rings is 1. The largest absolute Gasteiger partial charge is 0.369 e. The van der Waals surface area contributed by atoms with Gasteiger partial charge in [-0.05, 0) is 49.9 Å².